The number of nitrogens with zero attached hydrogens (tertiary/aromatic N) is 5. The highest BCUT2D eigenvalue weighted by Crippen LogP contribution is 2.26. The van der Waals surface area contributed by atoms with Crippen LogP contribution in [0.1, 0.15) is 0 Å². The normalized spacial score (nSPS) is 25.4. The highest BCUT2D eigenvalue weighted by molar-refractivity contribution is 5.42. The first kappa shape index (κ1) is 18.3. The number of hydrogen-bond acceptors (Lipinski definition) is 8. The largest absolute Gasteiger partial charge is 0.481 e. The molecule has 1 aromatic heterocycles. The standard InChI is InChI=1S/C17H29N5O3/c1-20(2)4-5-21-6-8-24-13-17(11-21)12-22(7-9-25-17)15-10-16(23-3)19-14-18-15/h10,14H,4-9,11-13H2,1-3H3. The number of anilines is 1. The fourth-order valence-electron chi connectivity index (χ4n) is 3.35. The Morgan fingerprint density at radius 2 is 2.12 bits per heavy atom. The minimum absolute atomic E-state index is 0.320. The van der Waals surface area contributed by atoms with Gasteiger partial charge in [-0.15, -0.1) is 0 Å². The molecule has 2 aliphatic rings. The summed E-state index contributed by atoms with van der Waals surface area (Å²) in [6.07, 6.45) is 1.54. The zero-order chi connectivity index (χ0) is 17.7. The van der Waals surface area contributed by atoms with Crippen LogP contribution < -0.4 is 9.64 Å². The molecule has 0 bridgehead atoms. The van der Waals surface area contributed by atoms with E-state index in [-0.39, 0.29) is 5.60 Å². The Hall–Kier alpha value is -1.48. The van der Waals surface area contributed by atoms with E-state index in [0.717, 1.165) is 51.7 Å². The summed E-state index contributed by atoms with van der Waals surface area (Å²) in [6, 6.07) is 1.88. The quantitative estimate of drug-likeness (QED) is 0.732. The molecule has 2 aliphatic heterocycles. The molecule has 1 unspecified atom stereocenters. The number of ether oxygens (including phenoxy) is 3. The van der Waals surface area contributed by atoms with Crippen LogP contribution in [0.15, 0.2) is 12.4 Å². The maximum atomic E-state index is 6.24. The van der Waals surface area contributed by atoms with Crippen LogP contribution in [0.4, 0.5) is 5.82 Å². The predicted molar refractivity (Wildman–Crippen MR) is 95.3 cm³/mol. The molecule has 2 fully saturated rings. The summed E-state index contributed by atoms with van der Waals surface area (Å²) in [4.78, 5) is 15.4. The van der Waals surface area contributed by atoms with Gasteiger partial charge in [-0.1, -0.05) is 0 Å². The molecule has 3 heterocycles. The lowest BCUT2D eigenvalue weighted by atomic mass is 10.0. The van der Waals surface area contributed by atoms with Gasteiger partial charge in [-0.05, 0) is 14.1 Å². The number of rotatable bonds is 5. The molecule has 1 aromatic rings. The molecule has 8 heteroatoms. The molecule has 0 N–H and O–H groups in total. The van der Waals surface area contributed by atoms with Crippen LogP contribution in [0, 0.1) is 0 Å². The minimum atomic E-state index is -0.320. The molecule has 1 spiro atoms. The number of hydrogen-bond donors (Lipinski definition) is 0. The van der Waals surface area contributed by atoms with Crippen LogP contribution in [-0.2, 0) is 9.47 Å². The van der Waals surface area contributed by atoms with E-state index in [0.29, 0.717) is 19.1 Å². The highest BCUT2D eigenvalue weighted by Gasteiger charge is 2.40. The van der Waals surface area contributed by atoms with Crippen LogP contribution >= 0.6 is 0 Å². The third-order valence-corrected chi connectivity index (χ3v) is 4.70. The average Bonchev–Trinajstić information content (AvgIpc) is 2.82. The molecule has 1 atom stereocenters. The van der Waals surface area contributed by atoms with Gasteiger partial charge in [-0.25, -0.2) is 9.97 Å². The number of likely N-dealkylation sites (N-methyl/N-ethyl adjacent to an activating group) is 1. The molecule has 0 aliphatic carbocycles. The maximum Gasteiger partial charge on any atom is 0.218 e. The second-order valence-corrected chi connectivity index (χ2v) is 7.00. The lowest BCUT2D eigenvalue weighted by molar-refractivity contribution is -0.0998. The van der Waals surface area contributed by atoms with Crippen molar-refractivity contribution < 1.29 is 14.2 Å². The Labute approximate surface area is 149 Å². The van der Waals surface area contributed by atoms with Gasteiger partial charge in [0.05, 0.1) is 33.5 Å². The number of aromatic nitrogens is 2. The molecule has 2 saturated heterocycles. The number of morpholine rings is 1. The summed E-state index contributed by atoms with van der Waals surface area (Å²) in [5, 5.41) is 0. The van der Waals surface area contributed by atoms with Gasteiger partial charge in [0, 0.05) is 38.8 Å². The topological polar surface area (TPSA) is 63.2 Å². The first-order chi connectivity index (χ1) is 12.1. The SMILES string of the molecule is COc1cc(N2CCOC3(COCCN(CCN(C)C)C3)C2)ncn1. The van der Waals surface area contributed by atoms with E-state index in [4.69, 9.17) is 14.2 Å². The first-order valence-corrected chi connectivity index (χ1v) is 8.80. The molecular formula is C17H29N5O3. The molecule has 0 saturated carbocycles. The average molecular weight is 351 g/mol. The van der Waals surface area contributed by atoms with Gasteiger partial charge in [-0.3, -0.25) is 4.90 Å². The van der Waals surface area contributed by atoms with Crippen molar-refractivity contribution in [1.29, 1.82) is 0 Å². The second-order valence-electron chi connectivity index (χ2n) is 7.00. The van der Waals surface area contributed by atoms with Crippen LogP contribution in [0.5, 0.6) is 5.88 Å². The summed E-state index contributed by atoms with van der Waals surface area (Å²) in [7, 11) is 5.82. The van der Waals surface area contributed by atoms with Gasteiger partial charge in [-0.2, -0.15) is 0 Å². The Bertz CT molecular complexity index is 559. The van der Waals surface area contributed by atoms with Gasteiger partial charge in [0.25, 0.3) is 0 Å². The minimum Gasteiger partial charge on any atom is -0.481 e. The molecule has 0 aromatic carbocycles. The lowest BCUT2D eigenvalue weighted by Crippen LogP contribution is -2.59. The fraction of sp³-hybridized carbons (Fsp3) is 0.765. The summed E-state index contributed by atoms with van der Waals surface area (Å²) in [5.74, 6) is 1.45. The van der Waals surface area contributed by atoms with E-state index in [9.17, 15) is 0 Å². The van der Waals surface area contributed by atoms with Crippen LogP contribution in [0.2, 0.25) is 0 Å². The predicted octanol–water partition coefficient (Wildman–Crippen LogP) is -0.0456. The Kier molecular flexibility index (Phi) is 6.06. The molecule has 0 amide bonds. The lowest BCUT2D eigenvalue weighted by Gasteiger charge is -2.43. The highest BCUT2D eigenvalue weighted by atomic mass is 16.5. The van der Waals surface area contributed by atoms with Gasteiger partial charge in [0.2, 0.25) is 5.88 Å². The molecule has 0 radical (unpaired) electrons. The van der Waals surface area contributed by atoms with E-state index < -0.39 is 0 Å². The fourth-order valence-corrected chi connectivity index (χ4v) is 3.35. The van der Waals surface area contributed by atoms with Gasteiger partial charge < -0.3 is 24.0 Å². The van der Waals surface area contributed by atoms with Crippen molar-refractivity contribution in [3.05, 3.63) is 12.4 Å². The van der Waals surface area contributed by atoms with Crippen molar-refractivity contribution in [2.45, 2.75) is 5.60 Å². The summed E-state index contributed by atoms with van der Waals surface area (Å²) in [6.45, 7) is 7.46. The maximum absolute atomic E-state index is 6.24. The van der Waals surface area contributed by atoms with Crippen molar-refractivity contribution in [1.82, 2.24) is 19.8 Å². The van der Waals surface area contributed by atoms with E-state index >= 15 is 0 Å². The monoisotopic (exact) mass is 351 g/mol. The molecular weight excluding hydrogens is 322 g/mol. The Morgan fingerprint density at radius 3 is 2.92 bits per heavy atom. The van der Waals surface area contributed by atoms with E-state index in [2.05, 4.69) is 38.8 Å². The van der Waals surface area contributed by atoms with Crippen molar-refractivity contribution in [3.63, 3.8) is 0 Å². The van der Waals surface area contributed by atoms with Crippen molar-refractivity contribution in [3.8, 4) is 5.88 Å². The van der Waals surface area contributed by atoms with Crippen molar-refractivity contribution >= 4 is 5.82 Å². The van der Waals surface area contributed by atoms with Gasteiger partial charge in [0.15, 0.2) is 0 Å². The smallest absolute Gasteiger partial charge is 0.218 e. The zero-order valence-electron chi connectivity index (χ0n) is 15.5. The van der Waals surface area contributed by atoms with Crippen molar-refractivity contribution in [2.75, 3.05) is 85.2 Å². The zero-order valence-corrected chi connectivity index (χ0v) is 15.5. The summed E-state index contributed by atoms with van der Waals surface area (Å²) < 4.78 is 17.4. The van der Waals surface area contributed by atoms with Crippen molar-refractivity contribution in [2.24, 2.45) is 0 Å². The summed E-state index contributed by atoms with van der Waals surface area (Å²) >= 11 is 0. The van der Waals surface area contributed by atoms with E-state index in [1.54, 1.807) is 13.4 Å². The third-order valence-electron chi connectivity index (χ3n) is 4.70. The molecule has 3 rings (SSSR count). The third kappa shape index (κ3) is 4.78. The van der Waals surface area contributed by atoms with E-state index in [1.165, 1.54) is 0 Å². The van der Waals surface area contributed by atoms with Gasteiger partial charge in [0.1, 0.15) is 17.7 Å². The Morgan fingerprint density at radius 1 is 1.24 bits per heavy atom. The second kappa shape index (κ2) is 8.27. The summed E-state index contributed by atoms with van der Waals surface area (Å²) in [5.41, 5.74) is -0.320. The van der Waals surface area contributed by atoms with Crippen LogP contribution in [0.25, 0.3) is 0 Å². The van der Waals surface area contributed by atoms with Crippen LogP contribution in [0.3, 0.4) is 0 Å². The van der Waals surface area contributed by atoms with Gasteiger partial charge >= 0.3 is 0 Å². The van der Waals surface area contributed by atoms with E-state index in [1.807, 2.05) is 6.07 Å². The number of methoxy groups -OCH3 is 1. The Balaban J connectivity index is 1.70. The first-order valence-electron chi connectivity index (χ1n) is 8.80. The molecule has 8 nitrogen and oxygen atoms in total. The molecule has 25 heavy (non-hydrogen) atoms. The van der Waals surface area contributed by atoms with Crippen LogP contribution in [-0.4, -0.2) is 106 Å². The molecule has 140 valence electrons.